The molecule has 0 aliphatic rings. The van der Waals surface area contributed by atoms with Gasteiger partial charge >= 0.3 is 5.63 Å². The highest BCUT2D eigenvalue weighted by Gasteiger charge is 2.22. The number of ether oxygens (including phenoxy) is 1. The Morgan fingerprint density at radius 2 is 1.75 bits per heavy atom. The monoisotopic (exact) mass is 429 g/mol. The SMILES string of the molecule is COc1cccc2oc(=O)cc(Cn3c4ccccc4n4c(=O)cc(C(C)(C)C)nc34)c12. The molecule has 0 atom stereocenters. The van der Waals surface area contributed by atoms with Crippen LogP contribution in [0, 0.1) is 0 Å². The fourth-order valence-corrected chi connectivity index (χ4v) is 4.14. The Bertz CT molecular complexity index is 1620. The minimum Gasteiger partial charge on any atom is -0.496 e. The fourth-order valence-electron chi connectivity index (χ4n) is 4.14. The summed E-state index contributed by atoms with van der Waals surface area (Å²) in [5.74, 6) is 1.14. The van der Waals surface area contributed by atoms with Crippen LogP contribution in [0.15, 0.2) is 68.6 Å². The second-order valence-corrected chi connectivity index (χ2v) is 8.86. The maximum absolute atomic E-state index is 13.1. The fraction of sp³-hybridized carbons (Fsp3) is 0.240. The minimum atomic E-state index is -0.443. The standard InChI is InChI=1S/C25H23N3O4/c1-25(2,3)20-13-21(29)28-17-9-6-5-8-16(17)27(24(28)26-20)14-15-12-22(30)32-19-11-7-10-18(31-4)23(15)19/h5-13H,14H2,1-4H3. The molecule has 32 heavy (non-hydrogen) atoms. The van der Waals surface area contributed by atoms with Gasteiger partial charge in [0.15, 0.2) is 0 Å². The van der Waals surface area contributed by atoms with E-state index in [0.29, 0.717) is 29.3 Å². The second kappa shape index (κ2) is 7.09. The number of rotatable bonds is 3. The zero-order chi connectivity index (χ0) is 22.6. The summed E-state index contributed by atoms with van der Waals surface area (Å²) < 4.78 is 14.5. The quantitative estimate of drug-likeness (QED) is 0.403. The third kappa shape index (κ3) is 3.09. The zero-order valence-corrected chi connectivity index (χ0v) is 18.4. The van der Waals surface area contributed by atoms with Gasteiger partial charge in [-0.1, -0.05) is 39.0 Å². The van der Waals surface area contributed by atoms with E-state index in [4.69, 9.17) is 14.1 Å². The molecule has 2 aromatic carbocycles. The lowest BCUT2D eigenvalue weighted by molar-refractivity contribution is 0.418. The second-order valence-electron chi connectivity index (χ2n) is 8.86. The zero-order valence-electron chi connectivity index (χ0n) is 18.4. The van der Waals surface area contributed by atoms with Crippen molar-refractivity contribution >= 4 is 27.8 Å². The normalized spacial score (nSPS) is 12.1. The summed E-state index contributed by atoms with van der Waals surface area (Å²) in [6.45, 7) is 6.40. The Morgan fingerprint density at radius 1 is 1.00 bits per heavy atom. The highest BCUT2D eigenvalue weighted by atomic mass is 16.5. The molecule has 3 heterocycles. The van der Waals surface area contributed by atoms with Gasteiger partial charge in [-0.2, -0.15) is 0 Å². The van der Waals surface area contributed by atoms with Gasteiger partial charge in [-0.15, -0.1) is 0 Å². The lowest BCUT2D eigenvalue weighted by Gasteiger charge is -2.17. The molecule has 0 unspecified atom stereocenters. The minimum absolute atomic E-state index is 0.134. The summed E-state index contributed by atoms with van der Waals surface area (Å²) >= 11 is 0. The highest BCUT2D eigenvalue weighted by Crippen LogP contribution is 2.30. The first-order chi connectivity index (χ1) is 15.3. The van der Waals surface area contributed by atoms with Crippen LogP contribution in [-0.4, -0.2) is 21.1 Å². The van der Waals surface area contributed by atoms with Gasteiger partial charge in [-0.3, -0.25) is 4.79 Å². The van der Waals surface area contributed by atoms with Crippen molar-refractivity contribution in [1.29, 1.82) is 0 Å². The molecule has 0 fully saturated rings. The van der Waals surface area contributed by atoms with Crippen molar-refractivity contribution < 1.29 is 9.15 Å². The topological polar surface area (TPSA) is 78.7 Å². The van der Waals surface area contributed by atoms with Crippen molar-refractivity contribution in [1.82, 2.24) is 14.0 Å². The van der Waals surface area contributed by atoms with E-state index in [9.17, 15) is 9.59 Å². The van der Waals surface area contributed by atoms with E-state index >= 15 is 0 Å². The van der Waals surface area contributed by atoms with Crippen LogP contribution in [0.5, 0.6) is 5.75 Å². The number of imidazole rings is 1. The molecule has 3 aromatic heterocycles. The Kier molecular flexibility index (Phi) is 4.44. The molecule has 0 bridgehead atoms. The Balaban J connectivity index is 1.87. The summed E-state index contributed by atoms with van der Waals surface area (Å²) in [5.41, 5.74) is 2.63. The molecular weight excluding hydrogens is 406 g/mol. The molecule has 0 saturated heterocycles. The Hall–Kier alpha value is -3.87. The number of para-hydroxylation sites is 2. The molecule has 0 spiro atoms. The average molecular weight is 429 g/mol. The van der Waals surface area contributed by atoms with Gasteiger partial charge in [-0.05, 0) is 29.8 Å². The summed E-state index contributed by atoms with van der Waals surface area (Å²) in [5, 5.41) is 0.722. The lowest BCUT2D eigenvalue weighted by Crippen LogP contribution is -2.22. The van der Waals surface area contributed by atoms with Crippen LogP contribution in [0.1, 0.15) is 32.0 Å². The maximum Gasteiger partial charge on any atom is 0.336 e. The summed E-state index contributed by atoms with van der Waals surface area (Å²) in [7, 11) is 1.58. The van der Waals surface area contributed by atoms with Crippen molar-refractivity contribution in [3.63, 3.8) is 0 Å². The number of fused-ring (bicyclic) bond motifs is 4. The predicted molar refractivity (Wildman–Crippen MR) is 124 cm³/mol. The van der Waals surface area contributed by atoms with E-state index in [2.05, 4.69) is 0 Å². The molecule has 0 amide bonds. The first-order valence-electron chi connectivity index (χ1n) is 10.4. The molecule has 0 saturated carbocycles. The van der Waals surface area contributed by atoms with Gasteiger partial charge in [0.05, 0.1) is 35.8 Å². The third-order valence-electron chi connectivity index (χ3n) is 5.68. The number of nitrogens with zero attached hydrogens (tertiary/aromatic N) is 3. The van der Waals surface area contributed by atoms with E-state index in [-0.39, 0.29) is 11.0 Å². The van der Waals surface area contributed by atoms with Gasteiger partial charge in [0.1, 0.15) is 11.3 Å². The predicted octanol–water partition coefficient (Wildman–Crippen LogP) is 4.11. The molecule has 7 nitrogen and oxygen atoms in total. The number of hydrogen-bond donors (Lipinski definition) is 0. The van der Waals surface area contributed by atoms with Gasteiger partial charge in [0.25, 0.3) is 5.56 Å². The van der Waals surface area contributed by atoms with Gasteiger partial charge in [0, 0.05) is 17.5 Å². The Morgan fingerprint density at radius 3 is 2.47 bits per heavy atom. The highest BCUT2D eigenvalue weighted by molar-refractivity contribution is 5.87. The van der Waals surface area contributed by atoms with Crippen molar-refractivity contribution in [2.24, 2.45) is 0 Å². The van der Waals surface area contributed by atoms with Crippen LogP contribution < -0.4 is 15.9 Å². The van der Waals surface area contributed by atoms with Crippen LogP contribution in [0.3, 0.4) is 0 Å². The van der Waals surface area contributed by atoms with E-state index in [1.165, 1.54) is 6.07 Å². The van der Waals surface area contributed by atoms with E-state index < -0.39 is 5.63 Å². The van der Waals surface area contributed by atoms with Crippen LogP contribution in [0.25, 0.3) is 27.8 Å². The molecule has 0 aliphatic carbocycles. The largest absolute Gasteiger partial charge is 0.496 e. The summed E-state index contributed by atoms with van der Waals surface area (Å²) in [4.78, 5) is 30.3. The van der Waals surface area contributed by atoms with E-state index in [0.717, 1.165) is 22.0 Å². The van der Waals surface area contributed by atoms with Crippen molar-refractivity contribution in [2.45, 2.75) is 32.7 Å². The van der Waals surface area contributed by atoms with Crippen LogP contribution in [-0.2, 0) is 12.0 Å². The van der Waals surface area contributed by atoms with Gasteiger partial charge < -0.3 is 13.7 Å². The average Bonchev–Trinajstić information content (AvgIpc) is 3.06. The number of aromatic nitrogens is 3. The van der Waals surface area contributed by atoms with Crippen LogP contribution >= 0.6 is 0 Å². The van der Waals surface area contributed by atoms with Crippen LogP contribution in [0.4, 0.5) is 0 Å². The van der Waals surface area contributed by atoms with Crippen LogP contribution in [0.2, 0.25) is 0 Å². The van der Waals surface area contributed by atoms with Crippen molar-refractivity contribution in [2.75, 3.05) is 7.11 Å². The van der Waals surface area contributed by atoms with E-state index in [1.54, 1.807) is 29.7 Å². The first kappa shape index (κ1) is 20.1. The van der Waals surface area contributed by atoms with Gasteiger partial charge in [-0.25, -0.2) is 14.2 Å². The Labute approximate surface area is 183 Å². The molecule has 0 aliphatic heterocycles. The smallest absolute Gasteiger partial charge is 0.336 e. The van der Waals surface area contributed by atoms with Crippen molar-refractivity contribution in [3.8, 4) is 5.75 Å². The lowest BCUT2D eigenvalue weighted by atomic mass is 9.92. The van der Waals surface area contributed by atoms with Gasteiger partial charge in [0.2, 0.25) is 5.78 Å². The number of benzene rings is 2. The molecule has 7 heteroatoms. The molecule has 0 radical (unpaired) electrons. The molecule has 162 valence electrons. The number of hydrogen-bond acceptors (Lipinski definition) is 5. The summed E-state index contributed by atoms with van der Waals surface area (Å²) in [6.07, 6.45) is 0. The molecule has 5 rings (SSSR count). The number of methoxy groups -OCH3 is 1. The molecule has 5 aromatic rings. The third-order valence-corrected chi connectivity index (χ3v) is 5.68. The summed E-state index contributed by atoms with van der Waals surface area (Å²) in [6, 6.07) is 16.1. The molecule has 0 N–H and O–H groups in total. The first-order valence-corrected chi connectivity index (χ1v) is 10.4. The van der Waals surface area contributed by atoms with Crippen molar-refractivity contribution in [3.05, 3.63) is 86.6 Å². The maximum atomic E-state index is 13.1. The van der Waals surface area contributed by atoms with E-state index in [1.807, 2.05) is 55.7 Å². The molecular formula is C25H23N3O4.